The molecule has 3 amide bonds. The van der Waals surface area contributed by atoms with Crippen LogP contribution in [-0.4, -0.2) is 18.5 Å². The lowest BCUT2D eigenvalue weighted by molar-refractivity contribution is -0.0504. The maximum absolute atomic E-state index is 12.5. The van der Waals surface area contributed by atoms with E-state index in [1.807, 2.05) is 5.38 Å². The molecule has 3 rings (SSSR count). The van der Waals surface area contributed by atoms with Crippen LogP contribution in [0.25, 0.3) is 0 Å². The molecule has 3 N–H and O–H groups in total. The van der Waals surface area contributed by atoms with E-state index in [2.05, 4.69) is 20.7 Å². The third-order valence-corrected chi connectivity index (χ3v) is 4.62. The zero-order valence-electron chi connectivity index (χ0n) is 15.0. The first-order valence-electron chi connectivity index (χ1n) is 8.54. The van der Waals surface area contributed by atoms with Gasteiger partial charge in [0.25, 0.3) is 5.91 Å². The van der Waals surface area contributed by atoms with Gasteiger partial charge in [0.05, 0.1) is 4.88 Å². The van der Waals surface area contributed by atoms with Crippen LogP contribution in [0, 0.1) is 0 Å². The predicted molar refractivity (Wildman–Crippen MR) is 108 cm³/mol. The minimum atomic E-state index is -2.95. The number of carbonyl (C=O) groups excluding carboxylic acids is 2. The Morgan fingerprint density at radius 1 is 0.966 bits per heavy atom. The summed E-state index contributed by atoms with van der Waals surface area (Å²) in [7, 11) is 0. The van der Waals surface area contributed by atoms with Crippen LogP contribution in [0.15, 0.2) is 66.0 Å². The van der Waals surface area contributed by atoms with Gasteiger partial charge in [-0.05, 0) is 35.7 Å². The van der Waals surface area contributed by atoms with Crippen LogP contribution in [0.5, 0.6) is 5.75 Å². The van der Waals surface area contributed by atoms with Gasteiger partial charge in [-0.15, -0.1) is 11.3 Å². The van der Waals surface area contributed by atoms with Crippen molar-refractivity contribution in [2.75, 3.05) is 10.6 Å². The van der Waals surface area contributed by atoms with Crippen LogP contribution in [0.1, 0.15) is 15.2 Å². The molecular formula is C20H17F2N3O3S. The number of thiophene rings is 1. The van der Waals surface area contributed by atoms with Gasteiger partial charge in [-0.2, -0.15) is 8.78 Å². The highest BCUT2D eigenvalue weighted by Gasteiger charge is 2.11. The van der Waals surface area contributed by atoms with Crippen molar-refractivity contribution in [3.05, 3.63) is 76.5 Å². The van der Waals surface area contributed by atoms with Crippen molar-refractivity contribution in [2.24, 2.45) is 0 Å². The Kier molecular flexibility index (Phi) is 6.75. The van der Waals surface area contributed by atoms with Crippen molar-refractivity contribution in [1.82, 2.24) is 5.32 Å². The molecule has 0 saturated heterocycles. The van der Waals surface area contributed by atoms with Crippen molar-refractivity contribution in [2.45, 2.75) is 13.2 Å². The number of rotatable bonds is 7. The van der Waals surface area contributed by atoms with Gasteiger partial charge in [0.15, 0.2) is 0 Å². The van der Waals surface area contributed by atoms with Gasteiger partial charge < -0.3 is 20.7 Å². The molecule has 0 aliphatic rings. The molecule has 150 valence electrons. The second-order valence-corrected chi connectivity index (χ2v) is 6.75. The molecule has 0 saturated carbocycles. The minimum absolute atomic E-state index is 0.00101. The number of hydrogen-bond donors (Lipinski definition) is 3. The maximum atomic E-state index is 12.5. The van der Waals surface area contributed by atoms with E-state index in [0.29, 0.717) is 21.8 Å². The van der Waals surface area contributed by atoms with Gasteiger partial charge in [-0.3, -0.25) is 4.79 Å². The van der Waals surface area contributed by atoms with Gasteiger partial charge in [0.1, 0.15) is 5.75 Å². The number of nitrogens with one attached hydrogen (secondary N) is 3. The Morgan fingerprint density at radius 3 is 2.45 bits per heavy atom. The number of ether oxygens (including phenoxy) is 1. The van der Waals surface area contributed by atoms with Crippen molar-refractivity contribution in [3.8, 4) is 5.75 Å². The second-order valence-electron chi connectivity index (χ2n) is 5.81. The van der Waals surface area contributed by atoms with E-state index in [1.54, 1.807) is 54.6 Å². The number of para-hydroxylation sites is 1. The number of amides is 3. The normalized spacial score (nSPS) is 10.4. The van der Waals surface area contributed by atoms with E-state index in [4.69, 9.17) is 0 Å². The summed E-state index contributed by atoms with van der Waals surface area (Å²) in [4.78, 5) is 24.8. The summed E-state index contributed by atoms with van der Waals surface area (Å²) < 4.78 is 29.3. The third-order valence-electron chi connectivity index (χ3n) is 3.75. The summed E-state index contributed by atoms with van der Waals surface area (Å²) in [5.41, 5.74) is 1.40. The van der Waals surface area contributed by atoms with Crippen LogP contribution in [0.2, 0.25) is 0 Å². The highest BCUT2D eigenvalue weighted by Crippen LogP contribution is 2.20. The van der Waals surface area contributed by atoms with Gasteiger partial charge in [0, 0.05) is 23.5 Å². The molecule has 29 heavy (non-hydrogen) atoms. The zero-order valence-corrected chi connectivity index (χ0v) is 15.8. The molecular weight excluding hydrogens is 400 g/mol. The number of halogens is 2. The van der Waals surface area contributed by atoms with Crippen LogP contribution in [0.3, 0.4) is 0 Å². The van der Waals surface area contributed by atoms with E-state index in [1.165, 1.54) is 17.4 Å². The van der Waals surface area contributed by atoms with E-state index < -0.39 is 12.6 Å². The van der Waals surface area contributed by atoms with Gasteiger partial charge in [0.2, 0.25) is 0 Å². The van der Waals surface area contributed by atoms with Crippen molar-refractivity contribution >= 4 is 34.6 Å². The van der Waals surface area contributed by atoms with E-state index in [0.717, 1.165) is 0 Å². The molecule has 1 aromatic heterocycles. The minimum Gasteiger partial charge on any atom is -0.434 e. The Balaban J connectivity index is 1.57. The van der Waals surface area contributed by atoms with Gasteiger partial charge in [-0.25, -0.2) is 4.79 Å². The molecule has 3 aromatic rings. The predicted octanol–water partition coefficient (Wildman–Crippen LogP) is 4.92. The molecule has 0 bridgehead atoms. The SMILES string of the molecule is O=C(NCc1ccccc1OC(F)F)Nc1cccc(NC(=O)c2cccs2)c1. The quantitative estimate of drug-likeness (QED) is 0.510. The number of urea groups is 1. The molecule has 0 unspecified atom stereocenters. The first-order valence-corrected chi connectivity index (χ1v) is 9.42. The molecule has 0 aliphatic carbocycles. The summed E-state index contributed by atoms with van der Waals surface area (Å²) in [6.07, 6.45) is 0. The fourth-order valence-corrected chi connectivity index (χ4v) is 3.11. The Bertz CT molecular complexity index is 981. The molecule has 9 heteroatoms. The number of alkyl halides is 2. The van der Waals surface area contributed by atoms with Crippen LogP contribution >= 0.6 is 11.3 Å². The summed E-state index contributed by atoms with van der Waals surface area (Å²) in [5.74, 6) is -0.238. The first-order chi connectivity index (χ1) is 14.0. The fourth-order valence-electron chi connectivity index (χ4n) is 2.49. The molecule has 2 aromatic carbocycles. The van der Waals surface area contributed by atoms with Crippen molar-refractivity contribution < 1.29 is 23.1 Å². The largest absolute Gasteiger partial charge is 0.434 e. The van der Waals surface area contributed by atoms with Crippen LogP contribution in [-0.2, 0) is 6.54 Å². The zero-order chi connectivity index (χ0) is 20.6. The molecule has 0 aliphatic heterocycles. The van der Waals surface area contributed by atoms with E-state index in [-0.39, 0.29) is 18.2 Å². The summed E-state index contributed by atoms with van der Waals surface area (Å²) >= 11 is 1.33. The third kappa shape index (κ3) is 6.01. The average Bonchev–Trinajstić information content (AvgIpc) is 3.22. The van der Waals surface area contributed by atoms with Crippen molar-refractivity contribution in [1.29, 1.82) is 0 Å². The van der Waals surface area contributed by atoms with Crippen LogP contribution in [0.4, 0.5) is 25.0 Å². The number of anilines is 2. The average molecular weight is 417 g/mol. The summed E-state index contributed by atoms with van der Waals surface area (Å²) in [6, 6.07) is 15.8. The lowest BCUT2D eigenvalue weighted by atomic mass is 10.2. The molecule has 1 heterocycles. The maximum Gasteiger partial charge on any atom is 0.387 e. The fraction of sp³-hybridized carbons (Fsp3) is 0.100. The number of hydrogen-bond acceptors (Lipinski definition) is 4. The Labute approximate surface area is 169 Å². The highest BCUT2D eigenvalue weighted by molar-refractivity contribution is 7.12. The number of benzene rings is 2. The monoisotopic (exact) mass is 417 g/mol. The topological polar surface area (TPSA) is 79.5 Å². The van der Waals surface area contributed by atoms with Crippen molar-refractivity contribution in [3.63, 3.8) is 0 Å². The van der Waals surface area contributed by atoms with Gasteiger partial charge in [-0.1, -0.05) is 30.3 Å². The second kappa shape index (κ2) is 9.65. The Hall–Kier alpha value is -3.46. The van der Waals surface area contributed by atoms with E-state index >= 15 is 0 Å². The highest BCUT2D eigenvalue weighted by atomic mass is 32.1. The van der Waals surface area contributed by atoms with Crippen LogP contribution < -0.4 is 20.7 Å². The smallest absolute Gasteiger partial charge is 0.387 e. The number of carbonyl (C=O) groups is 2. The van der Waals surface area contributed by atoms with Gasteiger partial charge >= 0.3 is 12.6 Å². The molecule has 6 nitrogen and oxygen atoms in total. The molecule has 0 spiro atoms. The lowest BCUT2D eigenvalue weighted by Crippen LogP contribution is -2.28. The summed E-state index contributed by atoms with van der Waals surface area (Å²) in [5, 5.41) is 9.78. The summed E-state index contributed by atoms with van der Waals surface area (Å²) in [6.45, 7) is -2.94. The molecule has 0 fully saturated rings. The molecule has 0 radical (unpaired) electrons. The van der Waals surface area contributed by atoms with E-state index in [9.17, 15) is 18.4 Å². The Morgan fingerprint density at radius 2 is 1.72 bits per heavy atom. The molecule has 0 atom stereocenters. The standard InChI is InChI=1S/C20H17F2N3O3S/c21-19(22)28-16-8-2-1-5-13(16)12-23-20(27)25-15-7-3-6-14(11-15)24-18(26)17-9-4-10-29-17/h1-11,19H,12H2,(H,24,26)(H2,23,25,27). The lowest BCUT2D eigenvalue weighted by Gasteiger charge is -2.12. The first kappa shape index (κ1) is 20.3.